The minimum absolute atomic E-state index is 0.856. The van der Waals surface area contributed by atoms with Gasteiger partial charge in [0, 0.05) is 38.6 Å². The number of pyridine rings is 2. The Morgan fingerprint density at radius 1 is 0.269 bits per heavy atom. The second kappa shape index (κ2) is 12.4. The van der Waals surface area contributed by atoms with Crippen LogP contribution in [-0.4, -0.2) is 19.9 Å². The lowest BCUT2D eigenvalue weighted by Crippen LogP contribution is -1.97. The number of aromatic nitrogens is 4. The number of hydrogen-bond donors (Lipinski definition) is 0. The van der Waals surface area contributed by atoms with Crippen LogP contribution in [0, 0.1) is 0 Å². The second-order valence-electron chi connectivity index (χ2n) is 13.0. The highest BCUT2D eigenvalue weighted by Gasteiger charge is 2.18. The van der Waals surface area contributed by atoms with E-state index < -0.39 is 0 Å². The van der Waals surface area contributed by atoms with Gasteiger partial charge in [0.25, 0.3) is 0 Å². The van der Waals surface area contributed by atoms with E-state index in [1.807, 2.05) is 42.5 Å². The number of benzene rings is 7. The molecule has 0 aliphatic rings. The predicted octanol–water partition coefficient (Wildman–Crippen LogP) is 12.2. The van der Waals surface area contributed by atoms with E-state index in [0.29, 0.717) is 0 Å². The van der Waals surface area contributed by atoms with Crippen LogP contribution >= 0.6 is 0 Å². The molecule has 7 aromatic carbocycles. The third kappa shape index (κ3) is 5.09. The van der Waals surface area contributed by atoms with Crippen molar-refractivity contribution in [3.05, 3.63) is 182 Å². The first kappa shape index (κ1) is 29.8. The van der Waals surface area contributed by atoms with Crippen molar-refractivity contribution in [1.82, 2.24) is 19.9 Å². The van der Waals surface area contributed by atoms with Crippen molar-refractivity contribution >= 4 is 43.6 Å². The van der Waals surface area contributed by atoms with Crippen LogP contribution in [0.2, 0.25) is 0 Å². The highest BCUT2D eigenvalue weighted by molar-refractivity contribution is 6.10. The number of fused-ring (bicyclic) bond motifs is 5. The average Bonchev–Trinajstić information content (AvgIpc) is 3.23. The maximum atomic E-state index is 5.40. The number of nitrogens with zero attached hydrogens (tertiary/aromatic N) is 4. The molecule has 0 bridgehead atoms. The lowest BCUT2D eigenvalue weighted by Gasteiger charge is -2.15. The van der Waals surface area contributed by atoms with Gasteiger partial charge in [0.2, 0.25) is 0 Å². The van der Waals surface area contributed by atoms with Gasteiger partial charge in [0.05, 0.1) is 44.8 Å². The fourth-order valence-electron chi connectivity index (χ4n) is 7.33. The second-order valence-corrected chi connectivity index (χ2v) is 13.0. The molecule has 0 aliphatic carbocycles. The standard InChI is InChI=1S/C48H30N4/c1-4-13-31(14-5-1)41-29-25-34-23-24-35-26-30-42(50-46(35)45(34)49-41)39-28-27-38(36-19-10-11-20-37(36)39)40-21-12-22-43-48(40)52-47(33-17-8-3-9-18-33)44(51-43)32-15-6-2-7-16-32/h1-30H. The average molecular weight is 663 g/mol. The zero-order valence-electron chi connectivity index (χ0n) is 28.1. The zero-order chi connectivity index (χ0) is 34.4. The van der Waals surface area contributed by atoms with E-state index in [1.165, 1.54) is 0 Å². The number of hydrogen-bond acceptors (Lipinski definition) is 4. The Bertz CT molecular complexity index is 2940. The molecular formula is C48H30N4. The molecule has 0 radical (unpaired) electrons. The Labute approximate surface area is 300 Å². The molecule has 0 saturated carbocycles. The van der Waals surface area contributed by atoms with Gasteiger partial charge < -0.3 is 0 Å². The molecule has 0 N–H and O–H groups in total. The molecule has 10 rings (SSSR count). The van der Waals surface area contributed by atoms with Crippen LogP contribution in [0.4, 0.5) is 0 Å². The molecule has 3 heterocycles. The van der Waals surface area contributed by atoms with E-state index in [-0.39, 0.29) is 0 Å². The maximum Gasteiger partial charge on any atom is 0.0973 e. The molecule has 4 heteroatoms. The van der Waals surface area contributed by atoms with E-state index in [9.17, 15) is 0 Å². The maximum absolute atomic E-state index is 5.40. The Morgan fingerprint density at radius 2 is 0.769 bits per heavy atom. The Kier molecular flexibility index (Phi) is 7.10. The van der Waals surface area contributed by atoms with Crippen LogP contribution < -0.4 is 0 Å². The lowest BCUT2D eigenvalue weighted by molar-refractivity contribution is 1.29. The fourth-order valence-corrected chi connectivity index (χ4v) is 7.33. The molecule has 0 amide bonds. The fraction of sp³-hybridized carbons (Fsp3) is 0. The molecular weight excluding hydrogens is 633 g/mol. The molecule has 0 unspecified atom stereocenters. The van der Waals surface area contributed by atoms with E-state index in [4.69, 9.17) is 19.9 Å². The SMILES string of the molecule is c1ccc(-c2ccc3ccc4ccc(-c5ccc(-c6cccc7nc(-c8ccccc8)c(-c8ccccc8)nc67)c6ccccc56)nc4c3n2)cc1. The van der Waals surface area contributed by atoms with Gasteiger partial charge in [0.1, 0.15) is 0 Å². The Morgan fingerprint density at radius 3 is 1.42 bits per heavy atom. The summed E-state index contributed by atoms with van der Waals surface area (Å²) >= 11 is 0. The van der Waals surface area contributed by atoms with Crippen LogP contribution in [0.25, 0.3) is 99.8 Å². The summed E-state index contributed by atoms with van der Waals surface area (Å²) in [7, 11) is 0. The van der Waals surface area contributed by atoms with Crippen LogP contribution in [0.15, 0.2) is 182 Å². The van der Waals surface area contributed by atoms with Crippen molar-refractivity contribution in [3.63, 3.8) is 0 Å². The van der Waals surface area contributed by atoms with Gasteiger partial charge in [-0.25, -0.2) is 19.9 Å². The highest BCUT2D eigenvalue weighted by Crippen LogP contribution is 2.40. The largest absolute Gasteiger partial charge is 0.245 e. The summed E-state index contributed by atoms with van der Waals surface area (Å²) in [6.45, 7) is 0. The first-order chi connectivity index (χ1) is 25.8. The first-order valence-corrected chi connectivity index (χ1v) is 17.5. The summed E-state index contributed by atoms with van der Waals surface area (Å²) in [4.78, 5) is 21.1. The van der Waals surface area contributed by atoms with Gasteiger partial charge >= 0.3 is 0 Å². The Balaban J connectivity index is 1.15. The topological polar surface area (TPSA) is 51.6 Å². The van der Waals surface area contributed by atoms with E-state index in [2.05, 4.69) is 140 Å². The minimum Gasteiger partial charge on any atom is -0.245 e. The quantitative estimate of drug-likeness (QED) is 0.172. The summed E-state index contributed by atoms with van der Waals surface area (Å²) in [5.41, 5.74) is 13.5. The van der Waals surface area contributed by atoms with Crippen LogP contribution in [-0.2, 0) is 0 Å². The van der Waals surface area contributed by atoms with Crippen molar-refractivity contribution in [1.29, 1.82) is 0 Å². The predicted molar refractivity (Wildman–Crippen MR) is 215 cm³/mol. The highest BCUT2D eigenvalue weighted by atomic mass is 14.8. The van der Waals surface area contributed by atoms with Gasteiger partial charge in [0.15, 0.2) is 0 Å². The van der Waals surface area contributed by atoms with Gasteiger partial charge in [-0.05, 0) is 34.5 Å². The number of rotatable bonds is 5. The molecule has 4 nitrogen and oxygen atoms in total. The molecule has 10 aromatic rings. The third-order valence-electron chi connectivity index (χ3n) is 9.87. The molecule has 242 valence electrons. The summed E-state index contributed by atoms with van der Waals surface area (Å²) < 4.78 is 0. The van der Waals surface area contributed by atoms with Crippen LogP contribution in [0.1, 0.15) is 0 Å². The zero-order valence-corrected chi connectivity index (χ0v) is 28.1. The molecule has 0 fully saturated rings. The molecule has 0 atom stereocenters. The van der Waals surface area contributed by atoms with E-state index in [1.54, 1.807) is 0 Å². The minimum atomic E-state index is 0.856. The van der Waals surface area contributed by atoms with Gasteiger partial charge in [-0.2, -0.15) is 0 Å². The van der Waals surface area contributed by atoms with Gasteiger partial charge in [-0.15, -0.1) is 0 Å². The van der Waals surface area contributed by atoms with Crippen molar-refractivity contribution in [3.8, 4) is 56.2 Å². The lowest BCUT2D eigenvalue weighted by atomic mass is 9.92. The van der Waals surface area contributed by atoms with Crippen LogP contribution in [0.3, 0.4) is 0 Å². The molecule has 0 spiro atoms. The monoisotopic (exact) mass is 662 g/mol. The summed E-state index contributed by atoms with van der Waals surface area (Å²) in [6, 6.07) is 63.0. The smallest absolute Gasteiger partial charge is 0.0973 e. The molecule has 52 heavy (non-hydrogen) atoms. The van der Waals surface area contributed by atoms with Gasteiger partial charge in [-0.3, -0.25) is 0 Å². The van der Waals surface area contributed by atoms with Crippen molar-refractivity contribution in [2.24, 2.45) is 0 Å². The normalized spacial score (nSPS) is 11.5. The molecule has 3 aromatic heterocycles. The summed E-state index contributed by atoms with van der Waals surface area (Å²) in [6.07, 6.45) is 0. The van der Waals surface area contributed by atoms with E-state index >= 15 is 0 Å². The van der Waals surface area contributed by atoms with Crippen LogP contribution in [0.5, 0.6) is 0 Å². The van der Waals surface area contributed by atoms with Crippen molar-refractivity contribution < 1.29 is 0 Å². The van der Waals surface area contributed by atoms with Gasteiger partial charge in [-0.1, -0.05) is 164 Å². The van der Waals surface area contributed by atoms with Crippen molar-refractivity contribution in [2.75, 3.05) is 0 Å². The third-order valence-corrected chi connectivity index (χ3v) is 9.87. The molecule has 0 aliphatic heterocycles. The Hall–Kier alpha value is -7.04. The summed E-state index contributed by atoms with van der Waals surface area (Å²) in [5.74, 6) is 0. The summed E-state index contributed by atoms with van der Waals surface area (Å²) in [5, 5.41) is 4.39. The van der Waals surface area contributed by atoms with Crippen molar-refractivity contribution in [2.45, 2.75) is 0 Å². The molecule has 0 saturated heterocycles. The number of para-hydroxylation sites is 1. The van der Waals surface area contributed by atoms with E-state index in [0.717, 1.165) is 99.8 Å². The first-order valence-electron chi connectivity index (χ1n) is 17.5.